The van der Waals surface area contributed by atoms with Gasteiger partial charge in [-0.05, 0) is 30.3 Å². The Kier molecular flexibility index (Phi) is 6.42. The summed E-state index contributed by atoms with van der Waals surface area (Å²) in [6.07, 6.45) is 1.36. The minimum Gasteiger partial charge on any atom is -0.376 e. The van der Waals surface area contributed by atoms with Crippen LogP contribution in [-0.2, 0) is 9.84 Å². The third-order valence-corrected chi connectivity index (χ3v) is 6.29. The number of hydrogen-bond donors (Lipinski definition) is 2. The van der Waals surface area contributed by atoms with Crippen molar-refractivity contribution in [3.05, 3.63) is 59.6 Å². The van der Waals surface area contributed by atoms with E-state index in [1.54, 1.807) is 37.2 Å². The summed E-state index contributed by atoms with van der Waals surface area (Å²) in [4.78, 5) is 9.69. The summed E-state index contributed by atoms with van der Waals surface area (Å²) < 4.78 is 39.0. The lowest BCUT2D eigenvalue weighted by atomic mass is 10.2. The van der Waals surface area contributed by atoms with Gasteiger partial charge in [0.15, 0.2) is 9.84 Å². The molecule has 10 heteroatoms. The van der Waals surface area contributed by atoms with Gasteiger partial charge in [0.2, 0.25) is 0 Å². The molecule has 0 bridgehead atoms. The van der Waals surface area contributed by atoms with Gasteiger partial charge in [0.05, 0.1) is 17.1 Å². The third-order valence-electron chi connectivity index (χ3n) is 4.29. The molecule has 0 amide bonds. The largest absolute Gasteiger partial charge is 0.376 e. The summed E-state index contributed by atoms with van der Waals surface area (Å²) in [5, 5.41) is 6.82. The zero-order chi connectivity index (χ0) is 21.9. The molecule has 0 saturated carbocycles. The minimum atomic E-state index is -3.73. The lowest BCUT2D eigenvalue weighted by molar-refractivity contribution is 0.568. The monoisotopic (exact) mass is 449 g/mol. The molecule has 0 radical (unpaired) electrons. The molecule has 0 fully saturated rings. The molecule has 0 aliphatic rings. The van der Waals surface area contributed by atoms with Crippen molar-refractivity contribution in [2.24, 2.45) is 0 Å². The number of hydrogen-bond acceptors (Lipinski definition) is 7. The number of aromatic nitrogens is 2. The van der Waals surface area contributed by atoms with Crippen LogP contribution in [0, 0.1) is 5.82 Å². The summed E-state index contributed by atoms with van der Waals surface area (Å²) in [7, 11) is -0.253. The van der Waals surface area contributed by atoms with Gasteiger partial charge < -0.3 is 15.5 Å². The van der Waals surface area contributed by atoms with Crippen molar-refractivity contribution >= 4 is 50.1 Å². The number of nitrogens with zero attached hydrogens (tertiary/aromatic N) is 3. The van der Waals surface area contributed by atoms with E-state index in [2.05, 4.69) is 20.6 Å². The Labute approximate surface area is 179 Å². The van der Waals surface area contributed by atoms with Crippen LogP contribution >= 0.6 is 11.6 Å². The second-order valence-electron chi connectivity index (χ2n) is 6.64. The topological polar surface area (TPSA) is 87.2 Å². The Bertz CT molecular complexity index is 1150. The summed E-state index contributed by atoms with van der Waals surface area (Å²) >= 11 is 5.90. The van der Waals surface area contributed by atoms with E-state index >= 15 is 0 Å². The van der Waals surface area contributed by atoms with Crippen LogP contribution in [0.1, 0.15) is 6.92 Å². The third kappa shape index (κ3) is 4.98. The van der Waals surface area contributed by atoms with Crippen LogP contribution in [-0.4, -0.2) is 38.2 Å². The summed E-state index contributed by atoms with van der Waals surface area (Å²) in [6, 6.07) is 11.3. The maximum Gasteiger partial charge on any atom is 0.181 e. The van der Waals surface area contributed by atoms with E-state index in [0.717, 1.165) is 5.69 Å². The highest BCUT2D eigenvalue weighted by atomic mass is 35.5. The highest BCUT2D eigenvalue weighted by Crippen LogP contribution is 2.33. The zero-order valence-electron chi connectivity index (χ0n) is 16.6. The molecule has 30 heavy (non-hydrogen) atoms. The number of anilines is 5. The van der Waals surface area contributed by atoms with Gasteiger partial charge in [-0.1, -0.05) is 18.5 Å². The molecular formula is C20H21ClFN5O2S. The smallest absolute Gasteiger partial charge is 0.181 e. The first kappa shape index (κ1) is 21.8. The second kappa shape index (κ2) is 8.85. The highest BCUT2D eigenvalue weighted by molar-refractivity contribution is 7.91. The van der Waals surface area contributed by atoms with Crippen molar-refractivity contribution in [2.45, 2.75) is 11.8 Å². The van der Waals surface area contributed by atoms with Gasteiger partial charge >= 0.3 is 0 Å². The maximum absolute atomic E-state index is 14.5. The summed E-state index contributed by atoms with van der Waals surface area (Å²) in [5.41, 5.74) is 1.68. The molecule has 158 valence electrons. The number of benzene rings is 2. The fourth-order valence-electron chi connectivity index (χ4n) is 2.72. The van der Waals surface area contributed by atoms with Crippen LogP contribution in [0.2, 0.25) is 5.02 Å². The van der Waals surface area contributed by atoms with Crippen molar-refractivity contribution in [1.29, 1.82) is 0 Å². The molecule has 0 aliphatic heterocycles. The van der Waals surface area contributed by atoms with Crippen LogP contribution in [0.15, 0.2) is 53.7 Å². The van der Waals surface area contributed by atoms with Crippen LogP contribution < -0.4 is 15.5 Å². The molecule has 1 heterocycles. The Morgan fingerprint density at radius 1 is 1.03 bits per heavy atom. The molecule has 1 aromatic heterocycles. The van der Waals surface area contributed by atoms with E-state index in [1.165, 1.54) is 25.4 Å². The molecule has 0 saturated heterocycles. The lowest BCUT2D eigenvalue weighted by Crippen LogP contribution is -2.14. The SMILES string of the molecule is CCS(=O)(=O)c1cc(Nc2cc(Nc3ccc(Cl)cc3)ncn2)c(N(C)C)cc1F. The molecule has 3 rings (SSSR count). The molecule has 0 spiro atoms. The van der Waals surface area contributed by atoms with Gasteiger partial charge in [-0.2, -0.15) is 0 Å². The lowest BCUT2D eigenvalue weighted by Gasteiger charge is -2.20. The molecule has 0 unspecified atom stereocenters. The minimum absolute atomic E-state index is 0.201. The van der Waals surface area contributed by atoms with Crippen LogP contribution in [0.5, 0.6) is 0 Å². The Hall–Kier alpha value is -2.91. The molecular weight excluding hydrogens is 429 g/mol. The van der Waals surface area contributed by atoms with Gasteiger partial charge in [-0.15, -0.1) is 0 Å². The average molecular weight is 450 g/mol. The second-order valence-corrected chi connectivity index (χ2v) is 9.33. The first-order valence-electron chi connectivity index (χ1n) is 9.05. The van der Waals surface area contributed by atoms with Crippen molar-refractivity contribution < 1.29 is 12.8 Å². The van der Waals surface area contributed by atoms with Crippen LogP contribution in [0.3, 0.4) is 0 Å². The molecule has 0 aliphatic carbocycles. The Morgan fingerprint density at radius 3 is 2.27 bits per heavy atom. The number of halogens is 2. The van der Waals surface area contributed by atoms with E-state index in [0.29, 0.717) is 28.0 Å². The fourth-order valence-corrected chi connectivity index (χ4v) is 3.81. The number of nitrogens with one attached hydrogen (secondary N) is 2. The van der Waals surface area contributed by atoms with Crippen molar-refractivity contribution in [3.63, 3.8) is 0 Å². The van der Waals surface area contributed by atoms with E-state index in [4.69, 9.17) is 11.6 Å². The van der Waals surface area contributed by atoms with Gasteiger partial charge in [0.25, 0.3) is 0 Å². The summed E-state index contributed by atoms with van der Waals surface area (Å²) in [6.45, 7) is 1.47. The molecule has 3 aromatic rings. The van der Waals surface area contributed by atoms with Gasteiger partial charge in [-0.25, -0.2) is 22.8 Å². The van der Waals surface area contributed by atoms with Crippen molar-refractivity contribution in [1.82, 2.24) is 9.97 Å². The van der Waals surface area contributed by atoms with E-state index < -0.39 is 15.7 Å². The highest BCUT2D eigenvalue weighted by Gasteiger charge is 2.21. The normalized spacial score (nSPS) is 11.2. The quantitative estimate of drug-likeness (QED) is 0.544. The maximum atomic E-state index is 14.5. The Morgan fingerprint density at radius 2 is 1.67 bits per heavy atom. The zero-order valence-corrected chi connectivity index (χ0v) is 18.2. The van der Waals surface area contributed by atoms with Crippen molar-refractivity contribution in [3.8, 4) is 0 Å². The van der Waals surface area contributed by atoms with Crippen LogP contribution in [0.25, 0.3) is 0 Å². The predicted molar refractivity (Wildman–Crippen MR) is 119 cm³/mol. The molecule has 0 atom stereocenters. The van der Waals surface area contributed by atoms with Crippen LogP contribution in [0.4, 0.5) is 33.1 Å². The number of rotatable bonds is 7. The standard InChI is InChI=1S/C20H21ClFN5O2S/c1-4-30(28,29)18-10-16(17(27(2)3)9-15(18)22)26-20-11-19(23-12-24-20)25-14-7-5-13(21)6-8-14/h5-12H,4H2,1-3H3,(H2,23,24,25,26). The number of sulfone groups is 1. The van der Waals surface area contributed by atoms with E-state index in [-0.39, 0.29) is 10.6 Å². The van der Waals surface area contributed by atoms with Gasteiger partial charge in [0.1, 0.15) is 28.7 Å². The fraction of sp³-hybridized carbons (Fsp3) is 0.200. The first-order chi connectivity index (χ1) is 14.2. The first-order valence-corrected chi connectivity index (χ1v) is 11.1. The molecule has 2 N–H and O–H groups in total. The average Bonchev–Trinajstić information content (AvgIpc) is 2.71. The van der Waals surface area contributed by atoms with Crippen molar-refractivity contribution in [2.75, 3.05) is 35.4 Å². The molecule has 2 aromatic carbocycles. The van der Waals surface area contributed by atoms with E-state index in [1.807, 2.05) is 12.1 Å². The molecule has 7 nitrogen and oxygen atoms in total. The summed E-state index contributed by atoms with van der Waals surface area (Å²) in [5.74, 6) is -0.0625. The predicted octanol–water partition coefficient (Wildman–Crippen LogP) is 4.62. The van der Waals surface area contributed by atoms with E-state index in [9.17, 15) is 12.8 Å². The Balaban J connectivity index is 1.95. The van der Waals surface area contributed by atoms with Gasteiger partial charge in [0, 0.05) is 36.9 Å². The van der Waals surface area contributed by atoms with Gasteiger partial charge in [-0.3, -0.25) is 0 Å².